The van der Waals surface area contributed by atoms with Crippen LogP contribution < -0.4 is 10.1 Å². The van der Waals surface area contributed by atoms with E-state index in [1.807, 2.05) is 55.5 Å². The predicted molar refractivity (Wildman–Crippen MR) is 111 cm³/mol. The van der Waals surface area contributed by atoms with Crippen molar-refractivity contribution in [2.45, 2.75) is 26.0 Å². The molecule has 1 unspecified atom stereocenters. The molecule has 5 heteroatoms. The first kappa shape index (κ1) is 21.3. The third kappa shape index (κ3) is 5.72. The molecule has 148 valence electrons. The number of carbonyl (C=O) groups is 1. The average molecular weight is 381 g/mol. The molecule has 2 N–H and O–H groups in total. The Morgan fingerprint density at radius 3 is 2.68 bits per heavy atom. The van der Waals surface area contributed by atoms with Crippen molar-refractivity contribution >= 4 is 11.5 Å². The number of aliphatic hydroxyl groups excluding tert-OH is 1. The Morgan fingerprint density at radius 2 is 1.96 bits per heavy atom. The minimum absolute atomic E-state index is 0.251. The van der Waals surface area contributed by atoms with Crippen LogP contribution in [0.3, 0.4) is 0 Å². The van der Waals surface area contributed by atoms with Crippen LogP contribution in [-0.2, 0) is 22.5 Å². The Hall–Kier alpha value is -3.05. The Labute approximate surface area is 166 Å². The number of benzene rings is 2. The van der Waals surface area contributed by atoms with E-state index >= 15 is 0 Å². The number of hydrogen-bond acceptors (Lipinski definition) is 4. The van der Waals surface area contributed by atoms with E-state index in [1.165, 1.54) is 6.26 Å². The van der Waals surface area contributed by atoms with Crippen LogP contribution >= 0.6 is 0 Å². The average Bonchev–Trinajstić information content (AvgIpc) is 2.71. The smallest absolute Gasteiger partial charge is 0.251 e. The van der Waals surface area contributed by atoms with E-state index in [-0.39, 0.29) is 5.91 Å². The number of nitrogens with one attached hydrogen (secondary N) is 1. The Balaban J connectivity index is 2.03. The first-order valence-electron chi connectivity index (χ1n) is 9.02. The van der Waals surface area contributed by atoms with Crippen molar-refractivity contribution in [2.75, 3.05) is 14.2 Å². The van der Waals surface area contributed by atoms with Crippen LogP contribution in [-0.4, -0.2) is 31.3 Å². The van der Waals surface area contributed by atoms with Gasteiger partial charge in [-0.05, 0) is 29.7 Å². The van der Waals surface area contributed by atoms with E-state index in [9.17, 15) is 9.90 Å². The van der Waals surface area contributed by atoms with Gasteiger partial charge in [0.1, 0.15) is 5.75 Å². The summed E-state index contributed by atoms with van der Waals surface area (Å²) in [5.41, 5.74) is 3.63. The fourth-order valence-electron chi connectivity index (χ4n) is 2.80. The molecule has 2 rings (SSSR count). The van der Waals surface area contributed by atoms with Crippen molar-refractivity contribution in [3.63, 3.8) is 0 Å². The molecular weight excluding hydrogens is 354 g/mol. The highest BCUT2D eigenvalue weighted by Crippen LogP contribution is 2.19. The van der Waals surface area contributed by atoms with Gasteiger partial charge in [0.2, 0.25) is 0 Å². The van der Waals surface area contributed by atoms with Crippen molar-refractivity contribution in [3.8, 4) is 5.75 Å². The maximum absolute atomic E-state index is 12.5. The zero-order valence-corrected chi connectivity index (χ0v) is 16.6. The first-order valence-corrected chi connectivity index (χ1v) is 9.02. The van der Waals surface area contributed by atoms with E-state index < -0.39 is 6.10 Å². The van der Waals surface area contributed by atoms with Gasteiger partial charge in [-0.2, -0.15) is 0 Å². The third-order valence-corrected chi connectivity index (χ3v) is 4.44. The van der Waals surface area contributed by atoms with Gasteiger partial charge in [-0.1, -0.05) is 49.0 Å². The van der Waals surface area contributed by atoms with Gasteiger partial charge in [0.15, 0.2) is 0 Å². The second-order valence-corrected chi connectivity index (χ2v) is 6.49. The summed E-state index contributed by atoms with van der Waals surface area (Å²) < 4.78 is 10.2. The van der Waals surface area contributed by atoms with Crippen LogP contribution in [0.1, 0.15) is 23.6 Å². The molecule has 0 fully saturated rings. The van der Waals surface area contributed by atoms with E-state index in [1.54, 1.807) is 14.2 Å². The molecule has 1 atom stereocenters. The van der Waals surface area contributed by atoms with E-state index in [0.717, 1.165) is 28.0 Å². The van der Waals surface area contributed by atoms with Crippen molar-refractivity contribution < 1.29 is 19.4 Å². The van der Waals surface area contributed by atoms with E-state index in [0.29, 0.717) is 18.5 Å². The zero-order chi connectivity index (χ0) is 20.5. The first-order chi connectivity index (χ1) is 13.5. The standard InChI is InChI=1S/C23H27NO4/c1-16(15-27-3)21(25)13-18-8-7-10-19(12-18)17(2)23(26)24-14-20-9-5-6-11-22(20)28-4/h5-12,15,21,25H,2,13-14H2,1,3-4H3,(H,24,26)/b16-15+. The predicted octanol–water partition coefficient (Wildman–Crippen LogP) is 3.48. The van der Waals surface area contributed by atoms with Crippen molar-refractivity contribution in [1.29, 1.82) is 0 Å². The highest BCUT2D eigenvalue weighted by molar-refractivity contribution is 6.18. The van der Waals surface area contributed by atoms with Crippen LogP contribution in [0.15, 0.2) is 66.9 Å². The lowest BCUT2D eigenvalue weighted by Gasteiger charge is -2.13. The Morgan fingerprint density at radius 1 is 1.21 bits per heavy atom. The van der Waals surface area contributed by atoms with Crippen molar-refractivity contribution in [2.24, 2.45) is 0 Å². The normalized spacial score (nSPS) is 12.2. The lowest BCUT2D eigenvalue weighted by atomic mass is 9.98. The highest BCUT2D eigenvalue weighted by atomic mass is 16.5. The molecular formula is C23H27NO4. The summed E-state index contributed by atoms with van der Waals surface area (Å²) in [4.78, 5) is 12.5. The fraction of sp³-hybridized carbons (Fsp3) is 0.261. The van der Waals surface area contributed by atoms with Crippen LogP contribution in [0.2, 0.25) is 0 Å². The van der Waals surface area contributed by atoms with Crippen LogP contribution in [0.4, 0.5) is 0 Å². The number of para-hydroxylation sites is 1. The van der Waals surface area contributed by atoms with Gasteiger partial charge >= 0.3 is 0 Å². The molecule has 0 spiro atoms. The van der Waals surface area contributed by atoms with Gasteiger partial charge in [-0.15, -0.1) is 0 Å². The second kappa shape index (κ2) is 10.3. The minimum atomic E-state index is -0.650. The van der Waals surface area contributed by atoms with Gasteiger partial charge in [-0.3, -0.25) is 4.79 Å². The molecule has 0 aliphatic rings. The number of aliphatic hydroxyl groups is 1. The van der Waals surface area contributed by atoms with Gasteiger partial charge in [-0.25, -0.2) is 0 Å². The second-order valence-electron chi connectivity index (χ2n) is 6.49. The Bertz CT molecular complexity index is 857. The SMILES string of the molecule is C=C(C(=O)NCc1ccccc1OC)c1cccc(CC(O)/C(C)=C/OC)c1. The van der Waals surface area contributed by atoms with Crippen molar-refractivity contribution in [1.82, 2.24) is 5.32 Å². The molecule has 1 amide bonds. The van der Waals surface area contributed by atoms with Gasteiger partial charge in [0.25, 0.3) is 5.91 Å². The topological polar surface area (TPSA) is 67.8 Å². The molecule has 2 aromatic rings. The summed E-state index contributed by atoms with van der Waals surface area (Å²) in [6.07, 6.45) is 1.30. The molecule has 28 heavy (non-hydrogen) atoms. The molecule has 0 bridgehead atoms. The van der Waals surface area contributed by atoms with Crippen LogP contribution in [0, 0.1) is 0 Å². The highest BCUT2D eigenvalue weighted by Gasteiger charge is 2.13. The molecule has 2 aromatic carbocycles. The summed E-state index contributed by atoms with van der Waals surface area (Å²) in [6.45, 7) is 6.08. The summed E-state index contributed by atoms with van der Waals surface area (Å²) >= 11 is 0. The minimum Gasteiger partial charge on any atom is -0.504 e. The lowest BCUT2D eigenvalue weighted by Crippen LogP contribution is -2.23. The number of rotatable bonds is 9. The Kier molecular flexibility index (Phi) is 7.84. The van der Waals surface area contributed by atoms with Crippen LogP contribution in [0.5, 0.6) is 5.75 Å². The molecule has 0 aliphatic heterocycles. The fourth-order valence-corrected chi connectivity index (χ4v) is 2.80. The van der Waals surface area contributed by atoms with Crippen molar-refractivity contribution in [3.05, 3.63) is 83.6 Å². The maximum atomic E-state index is 12.5. The molecule has 0 radical (unpaired) electrons. The van der Waals surface area contributed by atoms with Gasteiger partial charge < -0.3 is 19.9 Å². The van der Waals surface area contributed by atoms with Gasteiger partial charge in [0, 0.05) is 24.1 Å². The number of amides is 1. The largest absolute Gasteiger partial charge is 0.504 e. The molecule has 0 aliphatic carbocycles. The number of carbonyl (C=O) groups excluding carboxylic acids is 1. The summed E-state index contributed by atoms with van der Waals surface area (Å²) in [6, 6.07) is 15.0. The monoisotopic (exact) mass is 381 g/mol. The van der Waals surface area contributed by atoms with E-state index in [4.69, 9.17) is 9.47 Å². The number of ether oxygens (including phenoxy) is 2. The van der Waals surface area contributed by atoms with E-state index in [2.05, 4.69) is 11.9 Å². The molecule has 0 heterocycles. The third-order valence-electron chi connectivity index (χ3n) is 4.44. The summed E-state index contributed by atoms with van der Waals surface area (Å²) in [5.74, 6) is 0.475. The zero-order valence-electron chi connectivity index (χ0n) is 16.6. The maximum Gasteiger partial charge on any atom is 0.251 e. The number of methoxy groups -OCH3 is 2. The molecule has 5 nitrogen and oxygen atoms in total. The molecule has 0 aromatic heterocycles. The quantitative estimate of drug-likeness (QED) is 0.515. The summed E-state index contributed by atoms with van der Waals surface area (Å²) in [7, 11) is 3.15. The summed E-state index contributed by atoms with van der Waals surface area (Å²) in [5, 5.41) is 13.1. The lowest BCUT2D eigenvalue weighted by molar-refractivity contribution is -0.115. The molecule has 0 saturated carbocycles. The molecule has 0 saturated heterocycles. The van der Waals surface area contributed by atoms with Gasteiger partial charge in [0.05, 0.1) is 26.6 Å². The van der Waals surface area contributed by atoms with Crippen LogP contribution in [0.25, 0.3) is 5.57 Å². The number of hydrogen-bond donors (Lipinski definition) is 2.